The predicted octanol–water partition coefficient (Wildman–Crippen LogP) is 3.36. The monoisotopic (exact) mass is 309 g/mol. The molecule has 0 saturated carbocycles. The van der Waals surface area contributed by atoms with Gasteiger partial charge in [-0.2, -0.15) is 0 Å². The molecule has 0 radical (unpaired) electrons. The van der Waals surface area contributed by atoms with Crippen molar-refractivity contribution in [1.29, 1.82) is 0 Å². The van der Waals surface area contributed by atoms with Gasteiger partial charge in [0, 0.05) is 30.2 Å². The lowest BCUT2D eigenvalue weighted by Crippen LogP contribution is -2.13. The molecule has 6 heteroatoms. The summed E-state index contributed by atoms with van der Waals surface area (Å²) in [5.41, 5.74) is 2.65. The minimum absolute atomic E-state index is 0.258. The number of rotatable bonds is 5. The van der Waals surface area contributed by atoms with E-state index in [1.807, 2.05) is 24.3 Å². The molecule has 3 rings (SSSR count). The van der Waals surface area contributed by atoms with Gasteiger partial charge in [0.2, 0.25) is 5.95 Å². The zero-order valence-electron chi connectivity index (χ0n) is 13.4. The van der Waals surface area contributed by atoms with Crippen LogP contribution in [0.15, 0.2) is 42.9 Å². The van der Waals surface area contributed by atoms with Gasteiger partial charge < -0.3 is 15.0 Å². The second-order valence-electron chi connectivity index (χ2n) is 5.42. The van der Waals surface area contributed by atoms with Gasteiger partial charge in [-0.1, -0.05) is 0 Å². The molecule has 3 aromatic rings. The molecule has 0 fully saturated rings. The van der Waals surface area contributed by atoms with Gasteiger partial charge in [-0.25, -0.2) is 15.0 Å². The highest BCUT2D eigenvalue weighted by molar-refractivity contribution is 5.77. The fourth-order valence-corrected chi connectivity index (χ4v) is 2.26. The first-order valence-electron chi connectivity index (χ1n) is 7.45. The number of hydrogen-bond donors (Lipinski definition) is 2. The minimum Gasteiger partial charge on any atom is -0.497 e. The molecule has 2 heterocycles. The molecule has 0 aliphatic heterocycles. The molecule has 118 valence electrons. The maximum Gasteiger partial charge on any atom is 0.223 e. The Morgan fingerprint density at radius 1 is 1.13 bits per heavy atom. The number of methoxy groups -OCH3 is 1. The number of hydrogen-bond acceptors (Lipinski definition) is 5. The highest BCUT2D eigenvalue weighted by Gasteiger charge is 2.14. The largest absolute Gasteiger partial charge is 0.497 e. The van der Waals surface area contributed by atoms with Crippen LogP contribution in [0.1, 0.15) is 13.8 Å². The highest BCUT2D eigenvalue weighted by atomic mass is 16.5. The average Bonchev–Trinajstić information content (AvgIpc) is 3.08. The van der Waals surface area contributed by atoms with Crippen LogP contribution in [0.5, 0.6) is 5.75 Å². The Morgan fingerprint density at radius 2 is 1.91 bits per heavy atom. The summed E-state index contributed by atoms with van der Waals surface area (Å²) in [5.74, 6) is 2.15. The maximum atomic E-state index is 5.22. The molecule has 0 bridgehead atoms. The van der Waals surface area contributed by atoms with Gasteiger partial charge in [0.05, 0.1) is 18.4 Å². The molecule has 6 nitrogen and oxygen atoms in total. The van der Waals surface area contributed by atoms with Crippen LogP contribution in [0.2, 0.25) is 0 Å². The van der Waals surface area contributed by atoms with Crippen molar-refractivity contribution in [2.75, 3.05) is 12.4 Å². The number of H-pyrrole nitrogens is 1. The number of aromatic amines is 1. The fraction of sp³-hybridized carbons (Fsp3) is 0.235. The summed E-state index contributed by atoms with van der Waals surface area (Å²) in [6, 6.07) is 8.05. The van der Waals surface area contributed by atoms with Crippen molar-refractivity contribution in [2.45, 2.75) is 19.9 Å². The van der Waals surface area contributed by atoms with Crippen molar-refractivity contribution in [3.63, 3.8) is 0 Å². The van der Waals surface area contributed by atoms with Gasteiger partial charge in [0.15, 0.2) is 0 Å². The van der Waals surface area contributed by atoms with E-state index < -0.39 is 0 Å². The first kappa shape index (κ1) is 15.0. The van der Waals surface area contributed by atoms with Crippen molar-refractivity contribution < 1.29 is 4.74 Å². The third-order valence-electron chi connectivity index (χ3n) is 3.32. The molecule has 0 aliphatic carbocycles. The number of ether oxygens (including phenoxy) is 1. The second kappa shape index (κ2) is 6.48. The van der Waals surface area contributed by atoms with Crippen LogP contribution in [-0.4, -0.2) is 33.1 Å². The van der Waals surface area contributed by atoms with Crippen molar-refractivity contribution in [1.82, 2.24) is 19.9 Å². The van der Waals surface area contributed by atoms with Crippen LogP contribution in [0, 0.1) is 0 Å². The lowest BCUT2D eigenvalue weighted by atomic mass is 10.1. The Morgan fingerprint density at radius 3 is 2.52 bits per heavy atom. The van der Waals surface area contributed by atoms with Crippen molar-refractivity contribution in [2.24, 2.45) is 0 Å². The normalized spacial score (nSPS) is 10.8. The van der Waals surface area contributed by atoms with Gasteiger partial charge in [-0.3, -0.25) is 0 Å². The standard InChI is InChI=1S/C17H19N5O/c1-11(2)21-17-20-10-14(16-18-8-9-19-16)15(22-17)12-4-6-13(23-3)7-5-12/h4-11H,1-3H3,(H,18,19)(H,20,21,22). The molecule has 0 aliphatic rings. The van der Waals surface area contributed by atoms with Crippen LogP contribution in [0.3, 0.4) is 0 Å². The van der Waals surface area contributed by atoms with Crippen molar-refractivity contribution >= 4 is 5.95 Å². The quantitative estimate of drug-likeness (QED) is 0.756. The summed E-state index contributed by atoms with van der Waals surface area (Å²) in [7, 11) is 1.65. The molecule has 2 aromatic heterocycles. The first-order chi connectivity index (χ1) is 11.2. The minimum atomic E-state index is 0.258. The zero-order chi connectivity index (χ0) is 16.2. The summed E-state index contributed by atoms with van der Waals surface area (Å²) in [5, 5.41) is 3.23. The topological polar surface area (TPSA) is 75.7 Å². The Kier molecular flexibility index (Phi) is 4.23. The number of nitrogens with zero attached hydrogens (tertiary/aromatic N) is 3. The maximum absolute atomic E-state index is 5.22. The van der Waals surface area contributed by atoms with E-state index in [0.717, 1.165) is 28.4 Å². The van der Waals surface area contributed by atoms with Gasteiger partial charge in [0.1, 0.15) is 11.6 Å². The molecule has 0 spiro atoms. The SMILES string of the molecule is COc1ccc(-c2nc(NC(C)C)ncc2-c2ncc[nH]2)cc1. The summed E-state index contributed by atoms with van der Waals surface area (Å²) in [6.45, 7) is 4.10. The van der Waals surface area contributed by atoms with E-state index in [0.29, 0.717) is 5.95 Å². The smallest absolute Gasteiger partial charge is 0.223 e. The van der Waals surface area contributed by atoms with Crippen molar-refractivity contribution in [3.8, 4) is 28.4 Å². The molecule has 2 N–H and O–H groups in total. The molecule has 0 unspecified atom stereocenters. The lowest BCUT2D eigenvalue weighted by molar-refractivity contribution is 0.415. The van der Waals surface area contributed by atoms with E-state index in [1.165, 1.54) is 0 Å². The Labute approximate surface area is 135 Å². The van der Waals surface area contributed by atoms with E-state index in [-0.39, 0.29) is 6.04 Å². The Bertz CT molecular complexity index is 766. The van der Waals surface area contributed by atoms with E-state index in [1.54, 1.807) is 25.7 Å². The van der Waals surface area contributed by atoms with E-state index >= 15 is 0 Å². The number of anilines is 1. The van der Waals surface area contributed by atoms with E-state index in [9.17, 15) is 0 Å². The molecule has 0 saturated heterocycles. The van der Waals surface area contributed by atoms with Crippen LogP contribution in [0.25, 0.3) is 22.6 Å². The summed E-state index contributed by atoms with van der Waals surface area (Å²) in [4.78, 5) is 16.5. The third kappa shape index (κ3) is 3.31. The number of imidazole rings is 1. The zero-order valence-corrected chi connectivity index (χ0v) is 13.4. The molecule has 0 atom stereocenters. The predicted molar refractivity (Wildman–Crippen MR) is 90.4 cm³/mol. The number of nitrogens with one attached hydrogen (secondary N) is 2. The number of benzene rings is 1. The Balaban J connectivity index is 2.09. The van der Waals surface area contributed by atoms with Crippen LogP contribution >= 0.6 is 0 Å². The van der Waals surface area contributed by atoms with E-state index in [4.69, 9.17) is 4.74 Å². The molecule has 23 heavy (non-hydrogen) atoms. The van der Waals surface area contributed by atoms with Crippen LogP contribution in [-0.2, 0) is 0 Å². The average molecular weight is 309 g/mol. The van der Waals surface area contributed by atoms with Crippen LogP contribution in [0.4, 0.5) is 5.95 Å². The number of aromatic nitrogens is 4. The molecule has 0 amide bonds. The van der Waals surface area contributed by atoms with Gasteiger partial charge in [-0.05, 0) is 38.1 Å². The summed E-state index contributed by atoms with van der Waals surface area (Å²) in [6.07, 6.45) is 5.29. The van der Waals surface area contributed by atoms with E-state index in [2.05, 4.69) is 39.1 Å². The van der Waals surface area contributed by atoms with Crippen molar-refractivity contribution in [3.05, 3.63) is 42.9 Å². The molecule has 1 aromatic carbocycles. The first-order valence-corrected chi connectivity index (χ1v) is 7.45. The molecular formula is C17H19N5O. The second-order valence-corrected chi connectivity index (χ2v) is 5.42. The van der Waals surface area contributed by atoms with Crippen LogP contribution < -0.4 is 10.1 Å². The van der Waals surface area contributed by atoms with Gasteiger partial charge >= 0.3 is 0 Å². The Hall–Kier alpha value is -2.89. The van der Waals surface area contributed by atoms with Gasteiger partial charge in [-0.15, -0.1) is 0 Å². The summed E-state index contributed by atoms with van der Waals surface area (Å²) >= 11 is 0. The highest BCUT2D eigenvalue weighted by Crippen LogP contribution is 2.30. The third-order valence-corrected chi connectivity index (χ3v) is 3.32. The fourth-order valence-electron chi connectivity index (χ4n) is 2.26. The summed E-state index contributed by atoms with van der Waals surface area (Å²) < 4.78 is 5.22. The lowest BCUT2D eigenvalue weighted by Gasteiger charge is -2.12. The van der Waals surface area contributed by atoms with Gasteiger partial charge in [0.25, 0.3) is 0 Å². The molecular weight excluding hydrogens is 290 g/mol.